The second-order valence-electron chi connectivity index (χ2n) is 4.27. The lowest BCUT2D eigenvalue weighted by Crippen LogP contribution is -2.36. The van der Waals surface area contributed by atoms with Crippen LogP contribution in [0.4, 0.5) is 0 Å². The number of unbranched alkanes of at least 4 members (excludes halogenated alkanes) is 2. The molecule has 0 saturated carbocycles. The second-order valence-corrected chi connectivity index (χ2v) is 9.55. The molecular formula is C11H20OSi. The molecule has 0 aliphatic rings. The van der Waals surface area contributed by atoms with E-state index in [1.807, 2.05) is 6.08 Å². The quantitative estimate of drug-likeness (QED) is 0.317. The maximum Gasteiger partial charge on any atom is 0.102 e. The van der Waals surface area contributed by atoms with E-state index in [2.05, 4.69) is 38.1 Å². The molecule has 0 spiro atoms. The van der Waals surface area contributed by atoms with Crippen LogP contribution < -0.4 is 0 Å². The lowest BCUT2D eigenvalue weighted by atomic mass is 10.2. The number of rotatable bonds is 4. The van der Waals surface area contributed by atoms with E-state index in [0.29, 0.717) is 0 Å². The van der Waals surface area contributed by atoms with Gasteiger partial charge in [-0.1, -0.05) is 31.6 Å². The van der Waals surface area contributed by atoms with Crippen molar-refractivity contribution in [2.24, 2.45) is 0 Å². The Morgan fingerprint density at radius 2 is 2.08 bits per heavy atom. The van der Waals surface area contributed by atoms with Gasteiger partial charge in [-0.2, -0.15) is 0 Å². The van der Waals surface area contributed by atoms with Crippen LogP contribution in [0.25, 0.3) is 0 Å². The standard InChI is InChI=1S/C11H20OSi/c1-5-6-7-8-9-10-11(12)13(2,3)4/h5,11-12H,1,6-8H2,2-4H3. The molecule has 74 valence electrons. The molecule has 0 amide bonds. The maximum absolute atomic E-state index is 9.61. The van der Waals surface area contributed by atoms with E-state index >= 15 is 0 Å². The fraction of sp³-hybridized carbons (Fsp3) is 0.636. The third-order valence-electron chi connectivity index (χ3n) is 1.77. The molecule has 0 aromatic carbocycles. The van der Waals surface area contributed by atoms with E-state index in [0.717, 1.165) is 19.3 Å². The molecule has 0 bridgehead atoms. The molecule has 0 heterocycles. The molecule has 0 aromatic heterocycles. The van der Waals surface area contributed by atoms with Crippen LogP contribution in [-0.2, 0) is 0 Å². The summed E-state index contributed by atoms with van der Waals surface area (Å²) in [6, 6.07) is 0. The van der Waals surface area contributed by atoms with Crippen molar-refractivity contribution in [2.45, 2.75) is 44.6 Å². The molecule has 1 N–H and O–H groups in total. The van der Waals surface area contributed by atoms with Gasteiger partial charge in [0.05, 0.1) is 8.07 Å². The van der Waals surface area contributed by atoms with Gasteiger partial charge in [0.2, 0.25) is 0 Å². The van der Waals surface area contributed by atoms with Gasteiger partial charge in [-0.25, -0.2) is 0 Å². The maximum atomic E-state index is 9.61. The van der Waals surface area contributed by atoms with Crippen molar-refractivity contribution < 1.29 is 5.11 Å². The van der Waals surface area contributed by atoms with Crippen molar-refractivity contribution in [2.75, 3.05) is 0 Å². The molecule has 0 rings (SSSR count). The van der Waals surface area contributed by atoms with Crippen LogP contribution in [0, 0.1) is 11.8 Å². The zero-order chi connectivity index (χ0) is 10.3. The average Bonchev–Trinajstić information content (AvgIpc) is 2.02. The predicted molar refractivity (Wildman–Crippen MR) is 61.2 cm³/mol. The van der Waals surface area contributed by atoms with Crippen LogP contribution in [0.2, 0.25) is 19.6 Å². The molecule has 0 aliphatic carbocycles. The van der Waals surface area contributed by atoms with Gasteiger partial charge in [-0.15, -0.1) is 12.5 Å². The lowest BCUT2D eigenvalue weighted by Gasteiger charge is -2.17. The minimum Gasteiger partial charge on any atom is -0.384 e. The van der Waals surface area contributed by atoms with Gasteiger partial charge in [-0.05, 0) is 12.8 Å². The first-order chi connectivity index (χ1) is 5.98. The third-order valence-corrected chi connectivity index (χ3v) is 3.55. The fourth-order valence-corrected chi connectivity index (χ4v) is 1.26. The van der Waals surface area contributed by atoms with Crippen molar-refractivity contribution in [3.05, 3.63) is 12.7 Å². The number of hydrogen-bond donors (Lipinski definition) is 1. The van der Waals surface area contributed by atoms with Crippen molar-refractivity contribution >= 4 is 8.07 Å². The van der Waals surface area contributed by atoms with Crippen molar-refractivity contribution in [1.29, 1.82) is 0 Å². The molecule has 2 heteroatoms. The van der Waals surface area contributed by atoms with E-state index < -0.39 is 8.07 Å². The van der Waals surface area contributed by atoms with E-state index in [1.165, 1.54) is 0 Å². The van der Waals surface area contributed by atoms with Crippen molar-refractivity contribution in [1.82, 2.24) is 0 Å². The molecule has 1 unspecified atom stereocenters. The van der Waals surface area contributed by atoms with Gasteiger partial charge in [-0.3, -0.25) is 0 Å². The molecule has 0 fully saturated rings. The van der Waals surface area contributed by atoms with E-state index in [-0.39, 0.29) is 5.73 Å². The monoisotopic (exact) mass is 196 g/mol. The number of aliphatic hydroxyl groups excluding tert-OH is 1. The Hall–Kier alpha value is -0.523. The van der Waals surface area contributed by atoms with Crippen LogP contribution >= 0.6 is 0 Å². The zero-order valence-corrected chi connectivity index (χ0v) is 9.93. The van der Waals surface area contributed by atoms with E-state index in [1.54, 1.807) is 0 Å². The average molecular weight is 196 g/mol. The largest absolute Gasteiger partial charge is 0.384 e. The Labute approximate surface area is 82.9 Å². The molecule has 0 radical (unpaired) electrons. The highest BCUT2D eigenvalue weighted by atomic mass is 28.3. The highest BCUT2D eigenvalue weighted by molar-refractivity contribution is 6.77. The molecule has 1 nitrogen and oxygen atoms in total. The SMILES string of the molecule is C=CCCCC#CC(O)[Si](C)(C)C. The summed E-state index contributed by atoms with van der Waals surface area (Å²) in [6.07, 6.45) is 4.83. The van der Waals surface area contributed by atoms with Gasteiger partial charge in [0.25, 0.3) is 0 Å². The van der Waals surface area contributed by atoms with Crippen LogP contribution in [-0.4, -0.2) is 18.9 Å². The summed E-state index contributed by atoms with van der Waals surface area (Å²) in [5, 5.41) is 9.61. The van der Waals surface area contributed by atoms with E-state index in [9.17, 15) is 5.11 Å². The van der Waals surface area contributed by atoms with Crippen LogP contribution in [0.1, 0.15) is 19.3 Å². The summed E-state index contributed by atoms with van der Waals surface area (Å²) in [5.41, 5.74) is -0.378. The predicted octanol–water partition coefficient (Wildman–Crippen LogP) is 2.58. The Balaban J connectivity index is 3.76. The summed E-state index contributed by atoms with van der Waals surface area (Å²) < 4.78 is 0. The summed E-state index contributed by atoms with van der Waals surface area (Å²) in [4.78, 5) is 0. The smallest absolute Gasteiger partial charge is 0.102 e. The molecule has 1 atom stereocenters. The lowest BCUT2D eigenvalue weighted by molar-refractivity contribution is 0.299. The summed E-state index contributed by atoms with van der Waals surface area (Å²) in [5.74, 6) is 5.93. The minimum atomic E-state index is -1.47. The number of hydrogen-bond acceptors (Lipinski definition) is 1. The summed E-state index contributed by atoms with van der Waals surface area (Å²) in [7, 11) is -1.47. The third kappa shape index (κ3) is 6.62. The second kappa shape index (κ2) is 6.01. The van der Waals surface area contributed by atoms with Crippen molar-refractivity contribution in [3.63, 3.8) is 0 Å². The minimum absolute atomic E-state index is 0.378. The summed E-state index contributed by atoms with van der Waals surface area (Å²) >= 11 is 0. The Morgan fingerprint density at radius 3 is 2.54 bits per heavy atom. The number of aliphatic hydroxyl groups is 1. The van der Waals surface area contributed by atoms with E-state index in [4.69, 9.17) is 0 Å². The Morgan fingerprint density at radius 1 is 1.46 bits per heavy atom. The summed E-state index contributed by atoms with van der Waals surface area (Å²) in [6.45, 7) is 10.0. The van der Waals surface area contributed by atoms with Gasteiger partial charge in [0, 0.05) is 6.42 Å². The van der Waals surface area contributed by atoms with Gasteiger partial charge in [0.1, 0.15) is 5.73 Å². The fourth-order valence-electron chi connectivity index (χ4n) is 0.720. The Bertz CT molecular complexity index is 204. The topological polar surface area (TPSA) is 20.2 Å². The molecule has 13 heavy (non-hydrogen) atoms. The normalized spacial score (nSPS) is 12.9. The van der Waals surface area contributed by atoms with Gasteiger partial charge in [0.15, 0.2) is 0 Å². The molecule has 0 saturated heterocycles. The zero-order valence-electron chi connectivity index (χ0n) is 8.93. The van der Waals surface area contributed by atoms with Gasteiger partial charge >= 0.3 is 0 Å². The number of allylic oxidation sites excluding steroid dienone is 1. The first kappa shape index (κ1) is 12.5. The van der Waals surface area contributed by atoms with Crippen LogP contribution in [0.3, 0.4) is 0 Å². The van der Waals surface area contributed by atoms with Crippen molar-refractivity contribution in [3.8, 4) is 11.8 Å². The highest BCUT2D eigenvalue weighted by Crippen LogP contribution is 2.06. The Kier molecular flexibility index (Phi) is 5.77. The molecule has 0 aliphatic heterocycles. The first-order valence-corrected chi connectivity index (χ1v) is 8.33. The molecular weight excluding hydrogens is 176 g/mol. The van der Waals surface area contributed by atoms with Gasteiger partial charge < -0.3 is 5.11 Å². The molecule has 0 aromatic rings. The first-order valence-electron chi connectivity index (χ1n) is 4.76. The highest BCUT2D eigenvalue weighted by Gasteiger charge is 2.22. The van der Waals surface area contributed by atoms with Crippen LogP contribution in [0.5, 0.6) is 0 Å². The van der Waals surface area contributed by atoms with Crippen LogP contribution in [0.15, 0.2) is 12.7 Å².